The van der Waals surface area contributed by atoms with Crippen molar-refractivity contribution in [3.05, 3.63) is 60.3 Å². The van der Waals surface area contributed by atoms with Crippen molar-refractivity contribution in [3.8, 4) is 5.69 Å². The minimum absolute atomic E-state index is 0.0603. The number of para-hydroxylation sites is 1. The average Bonchev–Trinajstić information content (AvgIpc) is 3.21. The molecule has 7 heteroatoms. The Kier molecular flexibility index (Phi) is 3.68. The van der Waals surface area contributed by atoms with Crippen LogP contribution in [-0.4, -0.2) is 29.5 Å². The molecule has 0 radical (unpaired) electrons. The highest BCUT2D eigenvalue weighted by Crippen LogP contribution is 2.26. The number of nitrogens with one attached hydrogen (secondary N) is 1. The van der Waals surface area contributed by atoms with Crippen molar-refractivity contribution in [1.29, 1.82) is 0 Å². The van der Waals surface area contributed by atoms with Crippen LogP contribution in [0.15, 0.2) is 48.8 Å². The van der Waals surface area contributed by atoms with Crippen molar-refractivity contribution in [2.24, 2.45) is 7.05 Å². The Morgan fingerprint density at radius 3 is 2.56 bits per heavy atom. The van der Waals surface area contributed by atoms with Crippen LogP contribution in [0.2, 0.25) is 0 Å². The number of hydrogen-bond donors (Lipinski definition) is 1. The van der Waals surface area contributed by atoms with Crippen LogP contribution in [0.25, 0.3) is 16.7 Å². The molecule has 3 aromatic heterocycles. The molecule has 4 aromatic rings. The first-order chi connectivity index (χ1) is 12.1. The Balaban J connectivity index is 1.78. The van der Waals surface area contributed by atoms with E-state index >= 15 is 0 Å². The summed E-state index contributed by atoms with van der Waals surface area (Å²) >= 11 is 0. The first-order valence-corrected chi connectivity index (χ1v) is 8.15. The van der Waals surface area contributed by atoms with Gasteiger partial charge in [-0.15, -0.1) is 0 Å². The molecule has 0 aliphatic rings. The van der Waals surface area contributed by atoms with Gasteiger partial charge in [-0.1, -0.05) is 18.2 Å². The Hall–Kier alpha value is -3.22. The van der Waals surface area contributed by atoms with Gasteiger partial charge in [0.25, 0.3) is 0 Å². The lowest BCUT2D eigenvalue weighted by Gasteiger charge is -2.15. The third kappa shape index (κ3) is 2.73. The molecular weight excluding hydrogens is 314 g/mol. The van der Waals surface area contributed by atoms with E-state index in [2.05, 4.69) is 32.4 Å². The van der Waals surface area contributed by atoms with Crippen molar-refractivity contribution in [2.75, 3.05) is 5.32 Å². The monoisotopic (exact) mass is 333 g/mol. The molecule has 0 saturated carbocycles. The predicted molar refractivity (Wildman–Crippen MR) is 96.6 cm³/mol. The fourth-order valence-corrected chi connectivity index (χ4v) is 2.97. The van der Waals surface area contributed by atoms with Crippen molar-refractivity contribution >= 4 is 16.9 Å². The molecule has 4 rings (SSSR count). The van der Waals surface area contributed by atoms with Gasteiger partial charge in [0.1, 0.15) is 11.6 Å². The lowest BCUT2D eigenvalue weighted by atomic mass is 10.2. The van der Waals surface area contributed by atoms with Gasteiger partial charge >= 0.3 is 0 Å². The molecule has 0 unspecified atom stereocenters. The summed E-state index contributed by atoms with van der Waals surface area (Å²) in [7, 11) is 1.93. The van der Waals surface area contributed by atoms with Crippen molar-refractivity contribution in [1.82, 2.24) is 29.5 Å². The lowest BCUT2D eigenvalue weighted by molar-refractivity contribution is 0.674. The van der Waals surface area contributed by atoms with Crippen LogP contribution >= 0.6 is 0 Å². The quantitative estimate of drug-likeness (QED) is 0.621. The third-order valence-corrected chi connectivity index (χ3v) is 4.20. The highest BCUT2D eigenvalue weighted by molar-refractivity contribution is 5.87. The van der Waals surface area contributed by atoms with Crippen LogP contribution in [0.1, 0.15) is 24.5 Å². The minimum Gasteiger partial charge on any atom is -0.361 e. The van der Waals surface area contributed by atoms with Gasteiger partial charge in [-0.2, -0.15) is 10.2 Å². The highest BCUT2D eigenvalue weighted by atomic mass is 15.3. The molecule has 0 saturated heterocycles. The smallest absolute Gasteiger partial charge is 0.168 e. The van der Waals surface area contributed by atoms with Crippen molar-refractivity contribution in [2.45, 2.75) is 19.9 Å². The van der Waals surface area contributed by atoms with E-state index < -0.39 is 0 Å². The Bertz CT molecular complexity index is 1020. The predicted octanol–water partition coefficient (Wildman–Crippen LogP) is 3.03. The molecule has 0 bridgehead atoms. The zero-order valence-electron chi connectivity index (χ0n) is 14.4. The molecule has 7 nitrogen and oxygen atoms in total. The van der Waals surface area contributed by atoms with Gasteiger partial charge in [0.2, 0.25) is 0 Å². The maximum absolute atomic E-state index is 4.59. The number of rotatable bonds is 4. The molecule has 0 aliphatic heterocycles. The largest absolute Gasteiger partial charge is 0.361 e. The van der Waals surface area contributed by atoms with Gasteiger partial charge in [-0.25, -0.2) is 14.6 Å². The summed E-state index contributed by atoms with van der Waals surface area (Å²) in [5, 5.41) is 13.1. The second kappa shape index (κ2) is 6.01. The number of aromatic nitrogens is 6. The van der Waals surface area contributed by atoms with E-state index in [-0.39, 0.29) is 6.04 Å². The van der Waals surface area contributed by atoms with Crippen LogP contribution in [0.5, 0.6) is 0 Å². The SMILES string of the molecule is Cc1nc(N[C@H](C)c2ccnn2C)c2cnn(-c3ccccc3)c2n1. The average molecular weight is 333 g/mol. The summed E-state index contributed by atoms with van der Waals surface area (Å²) in [6, 6.07) is 12.0. The van der Waals surface area contributed by atoms with Gasteiger partial charge in [-0.05, 0) is 32.0 Å². The van der Waals surface area contributed by atoms with Crippen LogP contribution in [0.3, 0.4) is 0 Å². The Morgan fingerprint density at radius 1 is 1.04 bits per heavy atom. The van der Waals surface area contributed by atoms with E-state index in [4.69, 9.17) is 0 Å². The van der Waals surface area contributed by atoms with Gasteiger partial charge in [-0.3, -0.25) is 4.68 Å². The summed E-state index contributed by atoms with van der Waals surface area (Å²) < 4.78 is 3.69. The summed E-state index contributed by atoms with van der Waals surface area (Å²) in [4.78, 5) is 9.17. The minimum atomic E-state index is 0.0603. The van der Waals surface area contributed by atoms with E-state index in [9.17, 15) is 0 Å². The van der Waals surface area contributed by atoms with E-state index in [0.717, 1.165) is 28.2 Å². The van der Waals surface area contributed by atoms with Gasteiger partial charge < -0.3 is 5.32 Å². The molecule has 0 fully saturated rings. The van der Waals surface area contributed by atoms with E-state index in [1.54, 1.807) is 12.4 Å². The Morgan fingerprint density at radius 2 is 1.84 bits per heavy atom. The highest BCUT2D eigenvalue weighted by Gasteiger charge is 2.16. The molecule has 25 heavy (non-hydrogen) atoms. The number of nitrogens with zero attached hydrogens (tertiary/aromatic N) is 6. The summed E-state index contributed by atoms with van der Waals surface area (Å²) in [5.74, 6) is 1.48. The number of anilines is 1. The van der Waals surface area contributed by atoms with Crippen LogP contribution in [0.4, 0.5) is 5.82 Å². The number of fused-ring (bicyclic) bond motifs is 1. The number of benzene rings is 1. The van der Waals surface area contributed by atoms with Gasteiger partial charge in [0.05, 0.1) is 29.0 Å². The standard InChI is InChI=1S/C18H19N7/c1-12(16-9-10-19-24(16)3)21-17-15-11-20-25(14-7-5-4-6-8-14)18(15)23-13(2)22-17/h4-12H,1-3H3,(H,21,22,23)/t12-/m1/s1. The molecule has 0 aliphatic carbocycles. The first kappa shape index (κ1) is 15.3. The van der Waals surface area contributed by atoms with Crippen LogP contribution in [-0.2, 0) is 7.05 Å². The number of aryl methyl sites for hydroxylation is 2. The molecule has 0 spiro atoms. The molecule has 1 aromatic carbocycles. The molecule has 1 N–H and O–H groups in total. The fraction of sp³-hybridized carbons (Fsp3) is 0.222. The zero-order valence-corrected chi connectivity index (χ0v) is 14.4. The van der Waals surface area contributed by atoms with E-state index in [1.165, 1.54) is 0 Å². The number of hydrogen-bond acceptors (Lipinski definition) is 5. The fourth-order valence-electron chi connectivity index (χ4n) is 2.97. The second-order valence-corrected chi connectivity index (χ2v) is 5.99. The normalized spacial score (nSPS) is 12.4. The molecule has 1 atom stereocenters. The van der Waals surface area contributed by atoms with E-state index in [0.29, 0.717) is 5.82 Å². The van der Waals surface area contributed by atoms with Gasteiger partial charge in [0.15, 0.2) is 5.65 Å². The molecule has 3 heterocycles. The lowest BCUT2D eigenvalue weighted by Crippen LogP contribution is -2.13. The van der Waals surface area contributed by atoms with Crippen molar-refractivity contribution < 1.29 is 0 Å². The summed E-state index contributed by atoms with van der Waals surface area (Å²) in [6.07, 6.45) is 3.60. The molecule has 0 amide bonds. The summed E-state index contributed by atoms with van der Waals surface area (Å²) in [6.45, 7) is 3.98. The topological polar surface area (TPSA) is 73.5 Å². The molecule has 126 valence electrons. The van der Waals surface area contributed by atoms with Crippen LogP contribution < -0.4 is 5.32 Å². The van der Waals surface area contributed by atoms with Crippen molar-refractivity contribution in [3.63, 3.8) is 0 Å². The first-order valence-electron chi connectivity index (χ1n) is 8.15. The van der Waals surface area contributed by atoms with E-state index in [1.807, 2.05) is 59.7 Å². The maximum Gasteiger partial charge on any atom is 0.168 e. The summed E-state index contributed by atoms with van der Waals surface area (Å²) in [5.41, 5.74) is 2.85. The maximum atomic E-state index is 4.59. The van der Waals surface area contributed by atoms with Gasteiger partial charge in [0, 0.05) is 13.2 Å². The molecular formula is C18H19N7. The van der Waals surface area contributed by atoms with Crippen LogP contribution in [0, 0.1) is 6.92 Å². The Labute approximate surface area is 145 Å². The zero-order chi connectivity index (χ0) is 17.4. The second-order valence-electron chi connectivity index (χ2n) is 5.99. The third-order valence-electron chi connectivity index (χ3n) is 4.20.